The first kappa shape index (κ1) is 8.62. The van der Waals surface area contributed by atoms with Crippen molar-refractivity contribution in [2.75, 3.05) is 11.5 Å². The molecule has 0 spiro atoms. The number of aliphatic hydroxyl groups excluding tert-OH is 1. The van der Waals surface area contributed by atoms with Crippen molar-refractivity contribution in [2.45, 2.75) is 6.92 Å². The minimum atomic E-state index is -0.490. The minimum Gasteiger partial charge on any atom is -0.361 e. The summed E-state index contributed by atoms with van der Waals surface area (Å²) in [6, 6.07) is 0. The summed E-state index contributed by atoms with van der Waals surface area (Å²) in [4.78, 5) is 0. The van der Waals surface area contributed by atoms with Gasteiger partial charge in [0, 0.05) is 5.75 Å². The van der Waals surface area contributed by atoms with Crippen molar-refractivity contribution in [1.82, 2.24) is 0 Å². The van der Waals surface area contributed by atoms with Crippen molar-refractivity contribution in [3.63, 3.8) is 0 Å². The van der Waals surface area contributed by atoms with Crippen LogP contribution in [0.4, 0.5) is 0 Å². The summed E-state index contributed by atoms with van der Waals surface area (Å²) in [7, 11) is 3.05. The van der Waals surface area contributed by atoms with Crippen LogP contribution in [0.3, 0.4) is 0 Å². The third-order valence-corrected chi connectivity index (χ3v) is 2.73. The predicted molar refractivity (Wildman–Crippen MR) is 37.7 cm³/mol. The molecule has 0 aromatic heterocycles. The maximum atomic E-state index is 8.22. The molecule has 2 nitrogen and oxygen atoms in total. The van der Waals surface area contributed by atoms with Crippen molar-refractivity contribution in [2.24, 2.45) is 0 Å². The van der Waals surface area contributed by atoms with Crippen molar-refractivity contribution in [3.05, 3.63) is 6.29 Å². The molecule has 0 aliphatic rings. The smallest absolute Gasteiger partial charge is 0.229 e. The molecule has 0 rings (SSSR count). The summed E-state index contributed by atoms with van der Waals surface area (Å²) in [6.07, 6.45) is -0.490. The summed E-state index contributed by atoms with van der Waals surface area (Å²) in [5.74, 6) is 1.32. The molecule has 49 valence electrons. The van der Waals surface area contributed by atoms with E-state index in [1.807, 2.05) is 6.92 Å². The van der Waals surface area contributed by atoms with E-state index in [1.165, 1.54) is 10.8 Å². The van der Waals surface area contributed by atoms with Gasteiger partial charge in [0.2, 0.25) is 6.29 Å². The molecule has 0 saturated carbocycles. The lowest BCUT2D eigenvalue weighted by atomic mass is 10.8. The van der Waals surface area contributed by atoms with E-state index in [0.717, 1.165) is 5.75 Å². The van der Waals surface area contributed by atoms with Gasteiger partial charge >= 0.3 is 0 Å². The summed E-state index contributed by atoms with van der Waals surface area (Å²) < 4.78 is 0. The Hall–Kier alpha value is 0.620. The maximum Gasteiger partial charge on any atom is 0.229 e. The average Bonchev–Trinajstić information content (AvgIpc) is 1.66. The molecule has 0 saturated heterocycles. The fourth-order valence-corrected chi connectivity index (χ4v) is 1.60. The Morgan fingerprint density at radius 3 is 2.38 bits per heavy atom. The van der Waals surface area contributed by atoms with E-state index in [0.29, 0.717) is 5.75 Å². The number of hydrogen-bond acceptors (Lipinski definition) is 4. The first-order valence-corrected chi connectivity index (χ1v) is 4.74. The van der Waals surface area contributed by atoms with Crippen molar-refractivity contribution < 1.29 is 10.2 Å². The Kier molecular flexibility index (Phi) is 6.20. The highest BCUT2D eigenvalue weighted by molar-refractivity contribution is 8.76. The van der Waals surface area contributed by atoms with Gasteiger partial charge in [0.05, 0.1) is 5.75 Å². The minimum absolute atomic E-state index is 0.318. The summed E-state index contributed by atoms with van der Waals surface area (Å²) in [5, 5.41) is 16.4. The van der Waals surface area contributed by atoms with E-state index >= 15 is 0 Å². The van der Waals surface area contributed by atoms with Crippen LogP contribution in [0.2, 0.25) is 0 Å². The van der Waals surface area contributed by atoms with Gasteiger partial charge in [-0.25, -0.2) is 0 Å². The van der Waals surface area contributed by atoms with Crippen LogP contribution in [0, 0.1) is 6.29 Å². The molecule has 1 radical (unpaired) electrons. The second kappa shape index (κ2) is 5.75. The van der Waals surface area contributed by atoms with Crippen LogP contribution in [0.25, 0.3) is 0 Å². The predicted octanol–water partition coefficient (Wildman–Crippen LogP) is 1.62. The fourth-order valence-electron chi connectivity index (χ4n) is 0.178. The molecule has 0 amide bonds. The summed E-state index contributed by atoms with van der Waals surface area (Å²) >= 11 is 0. The number of rotatable bonds is 4. The monoisotopic (exact) mass is 153 g/mol. The van der Waals surface area contributed by atoms with Gasteiger partial charge in [0.1, 0.15) is 0 Å². The van der Waals surface area contributed by atoms with Gasteiger partial charge in [-0.1, -0.05) is 28.5 Å². The van der Waals surface area contributed by atoms with E-state index in [4.69, 9.17) is 10.2 Å². The molecular weight excluding hydrogens is 144 g/mol. The Morgan fingerprint density at radius 1 is 1.38 bits per heavy atom. The molecule has 0 aromatic carbocycles. The lowest BCUT2D eigenvalue weighted by Gasteiger charge is -1.96. The summed E-state index contributed by atoms with van der Waals surface area (Å²) in [5.41, 5.74) is 0. The van der Waals surface area contributed by atoms with Gasteiger partial charge in [-0.15, -0.1) is 0 Å². The second-order valence-corrected chi connectivity index (χ2v) is 3.84. The lowest BCUT2D eigenvalue weighted by Crippen LogP contribution is -1.94. The standard InChI is InChI=1S/C4H9O2S2/c1-2-7-8-3-4(5)6/h5-6H,2-3H2,1H3. The molecule has 0 atom stereocenters. The van der Waals surface area contributed by atoms with Crippen LogP contribution in [0.15, 0.2) is 0 Å². The van der Waals surface area contributed by atoms with E-state index in [9.17, 15) is 0 Å². The number of hydrogen-bond donors (Lipinski definition) is 2. The Bertz CT molecular complexity index is 49.3. The normalized spacial score (nSPS) is 10.5. The quantitative estimate of drug-likeness (QED) is 0.475. The zero-order valence-electron chi connectivity index (χ0n) is 4.63. The third-order valence-electron chi connectivity index (χ3n) is 0.389. The van der Waals surface area contributed by atoms with Gasteiger partial charge < -0.3 is 10.2 Å². The largest absolute Gasteiger partial charge is 0.361 e. The van der Waals surface area contributed by atoms with Crippen molar-refractivity contribution in [1.29, 1.82) is 0 Å². The molecule has 0 aliphatic heterocycles. The Labute approximate surface area is 57.1 Å². The highest BCUT2D eigenvalue weighted by Gasteiger charge is 1.97. The van der Waals surface area contributed by atoms with E-state index in [-0.39, 0.29) is 0 Å². The molecule has 0 aliphatic carbocycles. The topological polar surface area (TPSA) is 40.5 Å². The van der Waals surface area contributed by atoms with Crippen molar-refractivity contribution >= 4 is 21.6 Å². The third kappa shape index (κ3) is 6.62. The van der Waals surface area contributed by atoms with Crippen LogP contribution < -0.4 is 0 Å². The van der Waals surface area contributed by atoms with Crippen LogP contribution in [-0.4, -0.2) is 21.7 Å². The molecule has 2 N–H and O–H groups in total. The zero-order chi connectivity index (χ0) is 6.41. The van der Waals surface area contributed by atoms with Crippen LogP contribution in [0.1, 0.15) is 6.92 Å². The molecule has 0 unspecified atom stereocenters. The zero-order valence-corrected chi connectivity index (χ0v) is 6.26. The molecule has 0 heterocycles. The van der Waals surface area contributed by atoms with Crippen LogP contribution in [-0.2, 0) is 0 Å². The summed E-state index contributed by atoms with van der Waals surface area (Å²) in [6.45, 7) is 2.02. The molecule has 0 bridgehead atoms. The SMILES string of the molecule is CCSSC[C](O)O. The molecular formula is C4H9O2S2. The second-order valence-electron chi connectivity index (χ2n) is 1.08. The highest BCUT2D eigenvalue weighted by Crippen LogP contribution is 2.21. The van der Waals surface area contributed by atoms with Gasteiger partial charge in [0.15, 0.2) is 0 Å². The number of aliphatic hydroxyl groups is 2. The van der Waals surface area contributed by atoms with Crippen LogP contribution in [0.5, 0.6) is 0 Å². The van der Waals surface area contributed by atoms with E-state index in [2.05, 4.69) is 0 Å². The van der Waals surface area contributed by atoms with Gasteiger partial charge in [-0.05, 0) is 0 Å². The fraction of sp³-hybridized carbons (Fsp3) is 0.750. The molecule has 0 aromatic rings. The molecule has 4 heteroatoms. The van der Waals surface area contributed by atoms with Gasteiger partial charge in [0.25, 0.3) is 0 Å². The van der Waals surface area contributed by atoms with Gasteiger partial charge in [-0.3, -0.25) is 0 Å². The Balaban J connectivity index is 2.72. The highest BCUT2D eigenvalue weighted by atomic mass is 33.1. The molecule has 8 heavy (non-hydrogen) atoms. The Morgan fingerprint density at radius 2 is 2.00 bits per heavy atom. The molecule has 0 fully saturated rings. The van der Waals surface area contributed by atoms with Crippen LogP contribution >= 0.6 is 21.6 Å². The lowest BCUT2D eigenvalue weighted by molar-refractivity contribution is 0.0976. The van der Waals surface area contributed by atoms with Gasteiger partial charge in [-0.2, -0.15) is 0 Å². The average molecular weight is 153 g/mol. The first-order chi connectivity index (χ1) is 3.77. The van der Waals surface area contributed by atoms with E-state index in [1.54, 1.807) is 10.8 Å². The first-order valence-electron chi connectivity index (χ1n) is 2.25. The van der Waals surface area contributed by atoms with E-state index < -0.39 is 6.29 Å². The van der Waals surface area contributed by atoms with Crippen molar-refractivity contribution in [3.8, 4) is 0 Å². The maximum absolute atomic E-state index is 8.22.